The zero-order valence-electron chi connectivity index (χ0n) is 13.2. The van der Waals surface area contributed by atoms with Crippen molar-refractivity contribution in [3.63, 3.8) is 0 Å². The molecule has 0 aliphatic rings. The molecule has 0 atom stereocenters. The van der Waals surface area contributed by atoms with Crippen molar-refractivity contribution in [2.45, 2.75) is 6.92 Å². The van der Waals surface area contributed by atoms with E-state index in [2.05, 4.69) is 4.98 Å². The topological polar surface area (TPSA) is 47.8 Å². The minimum absolute atomic E-state index is 0.0875. The first-order chi connectivity index (χ1) is 11.8. The van der Waals surface area contributed by atoms with E-state index in [1.54, 1.807) is 10.8 Å². The van der Waals surface area contributed by atoms with Crippen LogP contribution in [0.5, 0.6) is 0 Å². The van der Waals surface area contributed by atoms with E-state index in [4.69, 9.17) is 4.98 Å². The maximum atomic E-state index is 13.2. The molecule has 4 aromatic rings. The highest BCUT2D eigenvalue weighted by molar-refractivity contribution is 5.80. The Bertz CT molecular complexity index is 1080. The molecule has 0 saturated heterocycles. The third-order valence-electron chi connectivity index (χ3n) is 4.03. The van der Waals surface area contributed by atoms with Gasteiger partial charge < -0.3 is 0 Å². The third-order valence-corrected chi connectivity index (χ3v) is 4.03. The van der Waals surface area contributed by atoms with Crippen LogP contribution in [-0.4, -0.2) is 14.5 Å². The normalized spacial score (nSPS) is 10.9. The van der Waals surface area contributed by atoms with Crippen molar-refractivity contribution in [3.8, 4) is 17.2 Å². The van der Waals surface area contributed by atoms with Gasteiger partial charge in [-0.05, 0) is 42.8 Å². The Morgan fingerprint density at radius 2 is 1.62 bits per heavy atom. The molecule has 0 aliphatic carbocycles. The summed E-state index contributed by atoms with van der Waals surface area (Å²) in [7, 11) is 0. The number of hydrogen-bond acceptors (Lipinski definition) is 3. The Morgan fingerprint density at radius 3 is 2.42 bits per heavy atom. The highest BCUT2D eigenvalue weighted by Crippen LogP contribution is 2.22. The molecule has 2 aromatic heterocycles. The van der Waals surface area contributed by atoms with Gasteiger partial charge in [-0.3, -0.25) is 14.3 Å². The Kier molecular flexibility index (Phi) is 3.43. The number of rotatable bonds is 2. The van der Waals surface area contributed by atoms with Crippen LogP contribution in [0.3, 0.4) is 0 Å². The summed E-state index contributed by atoms with van der Waals surface area (Å²) in [5.41, 5.74) is 3.09. The number of aryl methyl sites for hydroxylation is 1. The predicted octanol–water partition coefficient (Wildman–Crippen LogP) is 3.76. The SMILES string of the molecule is Cc1ccccc1-n1c(-c2ccccn2)nc2ccccc2c1=O. The van der Waals surface area contributed by atoms with Crippen molar-refractivity contribution in [3.05, 3.63) is 88.8 Å². The Balaban J connectivity index is 2.16. The standard InChI is InChI=1S/C20H15N3O/c1-14-8-2-5-12-18(14)23-19(17-11-6-7-13-21-17)22-16-10-4-3-9-15(16)20(23)24/h2-13H,1H3. The fraction of sp³-hybridized carbons (Fsp3) is 0.0500. The first kappa shape index (κ1) is 14.3. The molecular weight excluding hydrogens is 298 g/mol. The summed E-state index contributed by atoms with van der Waals surface area (Å²) in [5, 5.41) is 0.598. The molecular formula is C20H15N3O. The maximum Gasteiger partial charge on any atom is 0.266 e. The fourth-order valence-electron chi connectivity index (χ4n) is 2.84. The monoisotopic (exact) mass is 313 g/mol. The third kappa shape index (κ3) is 2.29. The largest absolute Gasteiger partial charge is 0.268 e. The van der Waals surface area contributed by atoms with E-state index >= 15 is 0 Å². The number of para-hydroxylation sites is 2. The van der Waals surface area contributed by atoms with E-state index in [1.165, 1.54) is 0 Å². The summed E-state index contributed by atoms with van der Waals surface area (Å²) >= 11 is 0. The van der Waals surface area contributed by atoms with Gasteiger partial charge in [-0.2, -0.15) is 0 Å². The molecule has 4 rings (SSSR count). The zero-order valence-corrected chi connectivity index (χ0v) is 13.2. The molecule has 0 fully saturated rings. The van der Waals surface area contributed by atoms with E-state index in [0.29, 0.717) is 22.4 Å². The molecule has 0 bridgehead atoms. The molecule has 0 N–H and O–H groups in total. The second kappa shape index (κ2) is 5.74. The number of hydrogen-bond donors (Lipinski definition) is 0. The van der Waals surface area contributed by atoms with Gasteiger partial charge in [0.05, 0.1) is 16.6 Å². The molecule has 0 radical (unpaired) electrons. The number of nitrogens with zero attached hydrogens (tertiary/aromatic N) is 3. The lowest BCUT2D eigenvalue weighted by atomic mass is 10.1. The summed E-state index contributed by atoms with van der Waals surface area (Å²) in [6.07, 6.45) is 1.71. The van der Waals surface area contributed by atoms with Crippen molar-refractivity contribution < 1.29 is 0 Å². The van der Waals surface area contributed by atoms with E-state index in [0.717, 1.165) is 11.3 Å². The lowest BCUT2D eigenvalue weighted by Gasteiger charge is -2.15. The lowest BCUT2D eigenvalue weighted by molar-refractivity contribution is 0.955. The smallest absolute Gasteiger partial charge is 0.266 e. The van der Waals surface area contributed by atoms with Gasteiger partial charge in [0.15, 0.2) is 5.82 Å². The van der Waals surface area contributed by atoms with Gasteiger partial charge in [0.25, 0.3) is 5.56 Å². The number of aromatic nitrogens is 3. The van der Waals surface area contributed by atoms with Gasteiger partial charge in [0, 0.05) is 6.20 Å². The second-order valence-electron chi connectivity index (χ2n) is 5.59. The average molecular weight is 313 g/mol. The van der Waals surface area contributed by atoms with Crippen LogP contribution in [0.25, 0.3) is 28.1 Å². The van der Waals surface area contributed by atoms with Crippen molar-refractivity contribution >= 4 is 10.9 Å². The van der Waals surface area contributed by atoms with Crippen molar-refractivity contribution in [1.29, 1.82) is 0 Å². The van der Waals surface area contributed by atoms with Crippen LogP contribution in [0.4, 0.5) is 0 Å². The first-order valence-corrected chi connectivity index (χ1v) is 7.75. The molecule has 4 heteroatoms. The van der Waals surface area contributed by atoms with E-state index in [-0.39, 0.29) is 5.56 Å². The summed E-state index contributed by atoms with van der Waals surface area (Å²) < 4.78 is 1.65. The zero-order chi connectivity index (χ0) is 16.5. The fourth-order valence-corrected chi connectivity index (χ4v) is 2.84. The molecule has 0 saturated carbocycles. The van der Waals surface area contributed by atoms with Crippen LogP contribution >= 0.6 is 0 Å². The first-order valence-electron chi connectivity index (χ1n) is 7.75. The lowest BCUT2D eigenvalue weighted by Crippen LogP contribution is -2.22. The summed E-state index contributed by atoms with van der Waals surface area (Å²) in [6, 6.07) is 20.8. The number of fused-ring (bicyclic) bond motifs is 1. The molecule has 0 amide bonds. The van der Waals surface area contributed by atoms with Gasteiger partial charge in [-0.15, -0.1) is 0 Å². The van der Waals surface area contributed by atoms with E-state index in [1.807, 2.05) is 73.7 Å². The van der Waals surface area contributed by atoms with Crippen LogP contribution in [0.2, 0.25) is 0 Å². The average Bonchev–Trinajstić information content (AvgIpc) is 2.63. The van der Waals surface area contributed by atoms with Gasteiger partial charge in [0.2, 0.25) is 0 Å². The van der Waals surface area contributed by atoms with Crippen molar-refractivity contribution in [1.82, 2.24) is 14.5 Å². The Labute approximate surface area is 139 Å². The van der Waals surface area contributed by atoms with Gasteiger partial charge in [-0.1, -0.05) is 36.4 Å². The van der Waals surface area contributed by atoms with Gasteiger partial charge in [-0.25, -0.2) is 4.98 Å². The maximum absolute atomic E-state index is 13.2. The predicted molar refractivity (Wildman–Crippen MR) is 95.3 cm³/mol. The van der Waals surface area contributed by atoms with Crippen LogP contribution in [0.1, 0.15) is 5.56 Å². The second-order valence-corrected chi connectivity index (χ2v) is 5.59. The van der Waals surface area contributed by atoms with Crippen LogP contribution in [-0.2, 0) is 0 Å². The molecule has 0 unspecified atom stereocenters. The van der Waals surface area contributed by atoms with E-state index < -0.39 is 0 Å². The molecule has 2 heterocycles. The molecule has 0 spiro atoms. The van der Waals surface area contributed by atoms with Gasteiger partial charge >= 0.3 is 0 Å². The minimum atomic E-state index is -0.0875. The number of benzene rings is 2. The summed E-state index contributed by atoms with van der Waals surface area (Å²) in [6.45, 7) is 1.99. The summed E-state index contributed by atoms with van der Waals surface area (Å²) in [5.74, 6) is 0.550. The van der Waals surface area contributed by atoms with E-state index in [9.17, 15) is 4.79 Å². The van der Waals surface area contributed by atoms with Crippen LogP contribution in [0, 0.1) is 6.92 Å². The van der Waals surface area contributed by atoms with Crippen LogP contribution < -0.4 is 5.56 Å². The molecule has 0 aliphatic heterocycles. The molecule has 4 nitrogen and oxygen atoms in total. The van der Waals surface area contributed by atoms with Gasteiger partial charge in [0.1, 0.15) is 5.69 Å². The Morgan fingerprint density at radius 1 is 0.875 bits per heavy atom. The highest BCUT2D eigenvalue weighted by Gasteiger charge is 2.15. The minimum Gasteiger partial charge on any atom is -0.268 e. The molecule has 2 aromatic carbocycles. The highest BCUT2D eigenvalue weighted by atomic mass is 16.1. The Hall–Kier alpha value is -3.27. The molecule has 24 heavy (non-hydrogen) atoms. The van der Waals surface area contributed by atoms with Crippen molar-refractivity contribution in [2.75, 3.05) is 0 Å². The summed E-state index contributed by atoms with van der Waals surface area (Å²) in [4.78, 5) is 22.3. The number of pyridine rings is 1. The molecule has 116 valence electrons. The van der Waals surface area contributed by atoms with Crippen LogP contribution in [0.15, 0.2) is 77.7 Å². The quantitative estimate of drug-likeness (QED) is 0.566. The van der Waals surface area contributed by atoms with Crippen molar-refractivity contribution in [2.24, 2.45) is 0 Å².